The topological polar surface area (TPSA) is 29.1 Å². The molecule has 1 spiro atoms. The van der Waals surface area contributed by atoms with Gasteiger partial charge in [0.2, 0.25) is 5.91 Å². The minimum Gasteiger partial charge on any atom is -0.342 e. The molecule has 6 rings (SSSR count). The molecule has 5 aliphatic rings. The van der Waals surface area contributed by atoms with Crippen molar-refractivity contribution < 1.29 is 4.79 Å². The lowest BCUT2D eigenvalue weighted by Crippen LogP contribution is -2.47. The summed E-state index contributed by atoms with van der Waals surface area (Å²) in [6, 6.07) is 8.56. The van der Waals surface area contributed by atoms with Gasteiger partial charge in [-0.1, -0.05) is 36.4 Å². The molecule has 1 amide bonds. The van der Waals surface area contributed by atoms with Crippen LogP contribution in [0.5, 0.6) is 0 Å². The van der Waals surface area contributed by atoms with Gasteiger partial charge in [0.15, 0.2) is 0 Å². The van der Waals surface area contributed by atoms with Crippen molar-refractivity contribution in [3.05, 3.63) is 58.7 Å². The first-order valence-corrected chi connectivity index (χ1v) is 7.64. The van der Waals surface area contributed by atoms with Crippen molar-refractivity contribution in [2.24, 2.45) is 5.92 Å². The van der Waals surface area contributed by atoms with Crippen LogP contribution in [-0.2, 0) is 10.3 Å². The second-order valence-electron chi connectivity index (χ2n) is 6.22. The molecule has 4 atom stereocenters. The fourth-order valence-corrected chi connectivity index (χ4v) is 5.07. The maximum Gasteiger partial charge on any atom is 0.230 e. The Balaban J connectivity index is 1.88. The molecular formula is C17H14ClNO. The third-order valence-electron chi connectivity index (χ3n) is 5.46. The summed E-state index contributed by atoms with van der Waals surface area (Å²) in [5, 5.41) is 3.09. The van der Waals surface area contributed by atoms with Crippen LogP contribution in [0.3, 0.4) is 0 Å². The van der Waals surface area contributed by atoms with E-state index in [1.165, 1.54) is 22.3 Å². The SMILES string of the molecule is O=C1NC23CCC(C4=C2C1C(Cl)C=C4)c1ccccc13. The number of benzene rings is 1. The van der Waals surface area contributed by atoms with Gasteiger partial charge in [-0.25, -0.2) is 0 Å². The summed E-state index contributed by atoms with van der Waals surface area (Å²) >= 11 is 6.40. The molecule has 4 aliphatic carbocycles. The van der Waals surface area contributed by atoms with E-state index in [9.17, 15) is 4.79 Å². The Morgan fingerprint density at radius 1 is 1.30 bits per heavy atom. The number of alkyl halides is 1. The molecule has 1 saturated heterocycles. The van der Waals surface area contributed by atoms with Crippen molar-refractivity contribution in [2.75, 3.05) is 0 Å². The Morgan fingerprint density at radius 3 is 3.05 bits per heavy atom. The maximum atomic E-state index is 12.5. The average molecular weight is 284 g/mol. The van der Waals surface area contributed by atoms with E-state index in [1.807, 2.05) is 6.08 Å². The number of rotatable bonds is 0. The van der Waals surface area contributed by atoms with Crippen molar-refractivity contribution >= 4 is 17.5 Å². The largest absolute Gasteiger partial charge is 0.342 e. The van der Waals surface area contributed by atoms with E-state index < -0.39 is 0 Å². The molecule has 100 valence electrons. The molecule has 20 heavy (non-hydrogen) atoms. The number of hydrogen-bond donors (Lipinski definition) is 1. The van der Waals surface area contributed by atoms with E-state index in [-0.39, 0.29) is 22.7 Å². The Hall–Kier alpha value is -1.54. The predicted molar refractivity (Wildman–Crippen MR) is 77.5 cm³/mol. The highest BCUT2D eigenvalue weighted by Gasteiger charge is 2.59. The second kappa shape index (κ2) is 3.37. The summed E-state index contributed by atoms with van der Waals surface area (Å²) in [6.07, 6.45) is 6.28. The third-order valence-corrected chi connectivity index (χ3v) is 5.86. The van der Waals surface area contributed by atoms with Gasteiger partial charge in [-0.3, -0.25) is 4.79 Å². The molecule has 1 aliphatic heterocycles. The minimum absolute atomic E-state index is 0.0965. The Kier molecular flexibility index (Phi) is 1.88. The second-order valence-corrected chi connectivity index (χ2v) is 6.73. The number of hydrogen-bond acceptors (Lipinski definition) is 1. The van der Waals surface area contributed by atoms with Gasteiger partial charge < -0.3 is 5.32 Å². The zero-order valence-electron chi connectivity index (χ0n) is 10.9. The van der Waals surface area contributed by atoms with E-state index in [2.05, 4.69) is 35.7 Å². The summed E-state index contributed by atoms with van der Waals surface area (Å²) in [4.78, 5) is 12.5. The lowest BCUT2D eigenvalue weighted by atomic mass is 9.57. The van der Waals surface area contributed by atoms with E-state index in [0.29, 0.717) is 5.92 Å². The van der Waals surface area contributed by atoms with Crippen molar-refractivity contribution in [3.8, 4) is 0 Å². The van der Waals surface area contributed by atoms with Gasteiger partial charge in [0, 0.05) is 5.92 Å². The quantitative estimate of drug-likeness (QED) is 0.729. The summed E-state index contributed by atoms with van der Waals surface area (Å²) in [6.45, 7) is 0. The van der Waals surface area contributed by atoms with Crippen LogP contribution < -0.4 is 5.32 Å². The molecular weight excluding hydrogens is 270 g/mol. The maximum absolute atomic E-state index is 12.5. The normalized spacial score (nSPS) is 39.6. The third kappa shape index (κ3) is 1.04. The van der Waals surface area contributed by atoms with Crippen molar-refractivity contribution in [1.82, 2.24) is 5.32 Å². The molecule has 1 N–H and O–H groups in total. The van der Waals surface area contributed by atoms with Gasteiger partial charge >= 0.3 is 0 Å². The Bertz CT molecular complexity index is 719. The minimum atomic E-state index is -0.277. The van der Waals surface area contributed by atoms with Crippen LogP contribution in [0.4, 0.5) is 0 Å². The van der Waals surface area contributed by atoms with E-state index in [4.69, 9.17) is 11.6 Å². The van der Waals surface area contributed by atoms with Crippen LogP contribution in [-0.4, -0.2) is 11.3 Å². The van der Waals surface area contributed by atoms with Crippen molar-refractivity contribution in [3.63, 3.8) is 0 Å². The Morgan fingerprint density at radius 2 is 2.15 bits per heavy atom. The number of allylic oxidation sites excluding steroid dienone is 3. The lowest BCUT2D eigenvalue weighted by molar-refractivity contribution is -0.122. The molecule has 2 nitrogen and oxygen atoms in total. The summed E-state index contributed by atoms with van der Waals surface area (Å²) in [5.41, 5.74) is 5.01. The van der Waals surface area contributed by atoms with Crippen LogP contribution in [0.1, 0.15) is 29.9 Å². The number of halogens is 1. The molecule has 2 bridgehead atoms. The molecule has 4 unspecified atom stereocenters. The van der Waals surface area contributed by atoms with E-state index in [1.54, 1.807) is 0 Å². The molecule has 1 heterocycles. The fraction of sp³-hybridized carbons (Fsp3) is 0.353. The zero-order valence-corrected chi connectivity index (χ0v) is 11.7. The summed E-state index contributed by atoms with van der Waals surface area (Å²) < 4.78 is 0. The van der Waals surface area contributed by atoms with Crippen LogP contribution in [0, 0.1) is 5.92 Å². The number of amides is 1. The van der Waals surface area contributed by atoms with Crippen LogP contribution >= 0.6 is 11.6 Å². The molecule has 0 saturated carbocycles. The lowest BCUT2D eigenvalue weighted by Gasteiger charge is -2.48. The Labute approximate surface area is 122 Å². The summed E-state index contributed by atoms with van der Waals surface area (Å²) in [5.74, 6) is 0.366. The molecule has 1 aromatic rings. The highest BCUT2D eigenvalue weighted by atomic mass is 35.5. The van der Waals surface area contributed by atoms with Crippen LogP contribution in [0.25, 0.3) is 0 Å². The van der Waals surface area contributed by atoms with Gasteiger partial charge in [-0.05, 0) is 35.1 Å². The van der Waals surface area contributed by atoms with Crippen LogP contribution in [0.2, 0.25) is 0 Å². The van der Waals surface area contributed by atoms with Gasteiger partial charge in [0.05, 0.1) is 16.8 Å². The van der Waals surface area contributed by atoms with Crippen molar-refractivity contribution in [1.29, 1.82) is 0 Å². The smallest absolute Gasteiger partial charge is 0.230 e. The van der Waals surface area contributed by atoms with Gasteiger partial charge in [-0.15, -0.1) is 11.6 Å². The van der Waals surface area contributed by atoms with E-state index >= 15 is 0 Å². The fourth-order valence-electron chi connectivity index (χ4n) is 4.76. The first-order chi connectivity index (χ1) is 9.72. The monoisotopic (exact) mass is 283 g/mol. The number of carbonyl (C=O) groups excluding carboxylic acids is 1. The zero-order chi connectivity index (χ0) is 13.5. The van der Waals surface area contributed by atoms with Gasteiger partial charge in [0.1, 0.15) is 0 Å². The van der Waals surface area contributed by atoms with Gasteiger partial charge in [-0.2, -0.15) is 0 Å². The average Bonchev–Trinajstić information content (AvgIpc) is 2.78. The predicted octanol–water partition coefficient (Wildman–Crippen LogP) is 2.99. The first-order valence-electron chi connectivity index (χ1n) is 7.20. The highest BCUT2D eigenvalue weighted by molar-refractivity contribution is 6.24. The van der Waals surface area contributed by atoms with E-state index in [0.717, 1.165) is 12.8 Å². The van der Waals surface area contributed by atoms with Gasteiger partial charge in [0.25, 0.3) is 0 Å². The van der Waals surface area contributed by atoms with Crippen LogP contribution in [0.15, 0.2) is 47.6 Å². The highest BCUT2D eigenvalue weighted by Crippen LogP contribution is 2.61. The molecule has 1 fully saturated rings. The molecule has 3 heteroatoms. The summed E-state index contributed by atoms with van der Waals surface area (Å²) in [7, 11) is 0. The van der Waals surface area contributed by atoms with Crippen molar-refractivity contribution in [2.45, 2.75) is 29.7 Å². The molecule has 0 aromatic heterocycles. The first kappa shape index (κ1) is 11.2. The molecule has 1 aromatic carbocycles. The number of nitrogens with one attached hydrogen (secondary N) is 1. The standard InChI is InChI=1S/C17H14ClNO/c18-13-6-5-11-9-7-8-17(12-4-2-1-3-10(9)12)15(11)14(13)16(20)19-17/h1-6,9,13-14H,7-8H2,(H,19,20). The number of carbonyl (C=O) groups is 1. The molecule has 0 radical (unpaired) electrons. The number of fused-ring (bicyclic) bond motifs is 1.